The Labute approximate surface area is 221 Å². The predicted molar refractivity (Wildman–Crippen MR) is 151 cm³/mol. The monoisotopic (exact) mass is 502 g/mol. The van der Waals surface area contributed by atoms with Gasteiger partial charge in [0.25, 0.3) is 0 Å². The molecule has 7 rings (SSSR count). The third-order valence-electron chi connectivity index (χ3n) is 7.99. The quantitative estimate of drug-likeness (QED) is 0.275. The molecule has 1 aliphatic heterocycles. The van der Waals surface area contributed by atoms with E-state index in [-0.39, 0.29) is 0 Å². The summed E-state index contributed by atoms with van der Waals surface area (Å²) in [4.78, 5) is 15.9. The number of hydrogen-bond acceptors (Lipinski definition) is 6. The molecule has 38 heavy (non-hydrogen) atoms. The highest BCUT2D eigenvalue weighted by atomic mass is 16.5. The highest BCUT2D eigenvalue weighted by molar-refractivity contribution is 5.92. The highest BCUT2D eigenvalue weighted by Gasteiger charge is 2.38. The number of aryl methyl sites for hydroxylation is 1. The fraction of sp³-hybridized carbons (Fsp3) is 0.258. The molecule has 2 atom stereocenters. The number of anilines is 2. The van der Waals surface area contributed by atoms with Crippen molar-refractivity contribution in [3.8, 4) is 11.5 Å². The minimum Gasteiger partial charge on any atom is -0.457 e. The summed E-state index contributed by atoms with van der Waals surface area (Å²) in [6.07, 6.45) is 11.2. The van der Waals surface area contributed by atoms with Crippen LogP contribution in [0.3, 0.4) is 0 Å². The Morgan fingerprint density at radius 2 is 1.84 bits per heavy atom. The van der Waals surface area contributed by atoms with E-state index in [0.29, 0.717) is 0 Å². The lowest BCUT2D eigenvalue weighted by Crippen LogP contribution is -2.23. The molecule has 1 saturated heterocycles. The van der Waals surface area contributed by atoms with Crippen LogP contribution in [0.5, 0.6) is 11.5 Å². The first kappa shape index (κ1) is 22.8. The molecule has 7 nitrogen and oxygen atoms in total. The van der Waals surface area contributed by atoms with Crippen LogP contribution >= 0.6 is 0 Å². The first-order valence-corrected chi connectivity index (χ1v) is 13.3. The third-order valence-corrected chi connectivity index (χ3v) is 7.99. The van der Waals surface area contributed by atoms with Gasteiger partial charge in [-0.1, -0.05) is 12.6 Å². The largest absolute Gasteiger partial charge is 0.457 e. The van der Waals surface area contributed by atoms with Crippen LogP contribution in [-0.2, 0) is 0 Å². The van der Waals surface area contributed by atoms with Gasteiger partial charge in [-0.2, -0.15) is 0 Å². The molecule has 1 aliphatic carbocycles. The Bertz CT molecular complexity index is 1660. The molecule has 0 spiro atoms. The van der Waals surface area contributed by atoms with Gasteiger partial charge in [-0.15, -0.1) is 0 Å². The van der Waals surface area contributed by atoms with E-state index in [1.807, 2.05) is 48.0 Å². The molecule has 1 N–H and O–H groups in total. The van der Waals surface area contributed by atoms with Crippen molar-refractivity contribution in [2.24, 2.45) is 11.8 Å². The van der Waals surface area contributed by atoms with Crippen LogP contribution < -0.4 is 10.1 Å². The Kier molecular flexibility index (Phi) is 5.50. The number of imidazole rings is 1. The number of likely N-dealkylation sites (tertiary alicyclic amines) is 1. The number of aromatic nitrogens is 4. The predicted octanol–water partition coefficient (Wildman–Crippen LogP) is 6.82. The second-order valence-electron chi connectivity index (χ2n) is 10.5. The molecule has 1 unspecified atom stereocenters. The van der Waals surface area contributed by atoms with Crippen LogP contribution in [0.15, 0.2) is 80.0 Å². The molecular formula is C31H30N6O. The molecular weight excluding hydrogens is 472 g/mol. The van der Waals surface area contributed by atoms with Crippen molar-refractivity contribution in [2.45, 2.75) is 26.2 Å². The summed E-state index contributed by atoms with van der Waals surface area (Å²) in [6.45, 7) is 8.70. The van der Waals surface area contributed by atoms with Gasteiger partial charge in [0.15, 0.2) is 0 Å². The lowest BCUT2D eigenvalue weighted by atomic mass is 10.1. The SMILES string of the molecule is C=C(c1ccc2ncnc(Nc3ccc(Oc4ccn5ccnc5c4)c(C)c3)c2c1)N1CCC2C[C@@H]2CC1. The van der Waals surface area contributed by atoms with E-state index in [1.165, 1.54) is 19.3 Å². The lowest BCUT2D eigenvalue weighted by molar-refractivity contribution is 0.396. The fourth-order valence-electron chi connectivity index (χ4n) is 5.62. The van der Waals surface area contributed by atoms with Gasteiger partial charge >= 0.3 is 0 Å². The maximum absolute atomic E-state index is 6.16. The summed E-state index contributed by atoms with van der Waals surface area (Å²) in [5.74, 6) is 4.21. The van der Waals surface area contributed by atoms with Gasteiger partial charge in [0.05, 0.1) is 5.52 Å². The van der Waals surface area contributed by atoms with Gasteiger partial charge < -0.3 is 19.4 Å². The number of rotatable bonds is 6. The zero-order chi connectivity index (χ0) is 25.6. The van der Waals surface area contributed by atoms with Gasteiger partial charge in [0.1, 0.15) is 29.3 Å². The van der Waals surface area contributed by atoms with Gasteiger partial charge in [0.2, 0.25) is 0 Å². The van der Waals surface area contributed by atoms with Crippen molar-refractivity contribution >= 4 is 33.8 Å². The van der Waals surface area contributed by atoms with Gasteiger partial charge in [0, 0.05) is 54.5 Å². The first-order valence-electron chi connectivity index (χ1n) is 13.3. The summed E-state index contributed by atoms with van der Waals surface area (Å²) in [6, 6.07) is 16.3. The molecule has 1 saturated carbocycles. The molecule has 4 heterocycles. The highest BCUT2D eigenvalue weighted by Crippen LogP contribution is 2.46. The summed E-state index contributed by atoms with van der Waals surface area (Å²) in [5.41, 5.74) is 5.93. The van der Waals surface area contributed by atoms with Gasteiger partial charge in [-0.3, -0.25) is 0 Å². The minimum atomic E-state index is 0.753. The zero-order valence-corrected chi connectivity index (χ0v) is 21.5. The van der Waals surface area contributed by atoms with E-state index in [4.69, 9.17) is 4.74 Å². The lowest BCUT2D eigenvalue weighted by Gasteiger charge is -2.26. The van der Waals surface area contributed by atoms with E-state index in [1.54, 1.807) is 12.5 Å². The molecule has 0 bridgehead atoms. The number of pyridine rings is 1. The van der Waals surface area contributed by atoms with Crippen LogP contribution in [-0.4, -0.2) is 37.3 Å². The van der Waals surface area contributed by atoms with E-state index in [9.17, 15) is 0 Å². The molecule has 2 aromatic carbocycles. The van der Waals surface area contributed by atoms with Crippen LogP contribution in [0.2, 0.25) is 0 Å². The van der Waals surface area contributed by atoms with Gasteiger partial charge in [-0.25, -0.2) is 15.0 Å². The Hall–Kier alpha value is -4.39. The maximum Gasteiger partial charge on any atom is 0.141 e. The molecule has 0 amide bonds. The van der Waals surface area contributed by atoms with Crippen LogP contribution in [0, 0.1) is 18.8 Å². The summed E-state index contributed by atoms with van der Waals surface area (Å²) in [5, 5.41) is 4.48. The standard InChI is InChI=1S/C31H30N6O/c1-20-15-25(4-6-29(20)38-26-9-13-37-14-10-32-30(37)18-26)35-31-27-17-22(3-5-28(27)33-19-34-31)21(2)36-11-7-23-16-24(23)8-12-36/h3-6,9-10,13-15,17-19,23-24H,2,7-8,11-12,16H2,1H3,(H,33,34,35)/t23-,24?/m0/s1. The third kappa shape index (κ3) is 4.34. The van der Waals surface area contributed by atoms with Crippen molar-refractivity contribution in [3.05, 3.63) is 91.2 Å². The van der Waals surface area contributed by atoms with Crippen LogP contribution in [0.25, 0.3) is 22.2 Å². The molecule has 3 aromatic heterocycles. The second-order valence-corrected chi connectivity index (χ2v) is 10.5. The first-order chi connectivity index (χ1) is 18.6. The summed E-state index contributed by atoms with van der Waals surface area (Å²) < 4.78 is 8.11. The summed E-state index contributed by atoms with van der Waals surface area (Å²) in [7, 11) is 0. The van der Waals surface area contributed by atoms with E-state index in [0.717, 1.165) is 81.3 Å². The van der Waals surface area contributed by atoms with Crippen molar-refractivity contribution < 1.29 is 4.74 Å². The van der Waals surface area contributed by atoms with Crippen LogP contribution in [0.1, 0.15) is 30.4 Å². The van der Waals surface area contributed by atoms with Gasteiger partial charge in [-0.05, 0) is 85.5 Å². The average molecular weight is 503 g/mol. The average Bonchev–Trinajstić information content (AvgIpc) is 3.57. The molecule has 5 aromatic rings. The number of nitrogens with one attached hydrogen (secondary N) is 1. The van der Waals surface area contributed by atoms with E-state index >= 15 is 0 Å². The number of nitrogens with zero attached hydrogens (tertiary/aromatic N) is 5. The molecule has 190 valence electrons. The Balaban J connectivity index is 1.12. The van der Waals surface area contributed by atoms with Crippen molar-refractivity contribution in [1.82, 2.24) is 24.3 Å². The minimum absolute atomic E-state index is 0.753. The Morgan fingerprint density at radius 1 is 0.974 bits per heavy atom. The topological polar surface area (TPSA) is 67.6 Å². The van der Waals surface area contributed by atoms with Crippen LogP contribution in [0.4, 0.5) is 11.5 Å². The smallest absolute Gasteiger partial charge is 0.141 e. The second kappa shape index (κ2) is 9.17. The molecule has 2 fully saturated rings. The normalized spacial score (nSPS) is 18.7. The number of benzene rings is 2. The van der Waals surface area contributed by atoms with Crippen molar-refractivity contribution in [2.75, 3.05) is 18.4 Å². The number of ether oxygens (including phenoxy) is 1. The fourth-order valence-corrected chi connectivity index (χ4v) is 5.62. The molecule has 7 heteroatoms. The molecule has 0 radical (unpaired) electrons. The summed E-state index contributed by atoms with van der Waals surface area (Å²) >= 11 is 0. The van der Waals surface area contributed by atoms with Crippen molar-refractivity contribution in [3.63, 3.8) is 0 Å². The number of fused-ring (bicyclic) bond motifs is 3. The molecule has 2 aliphatic rings. The van der Waals surface area contributed by atoms with E-state index < -0.39 is 0 Å². The number of hydrogen-bond donors (Lipinski definition) is 1. The zero-order valence-electron chi connectivity index (χ0n) is 21.5. The maximum atomic E-state index is 6.16. The van der Waals surface area contributed by atoms with Crippen molar-refractivity contribution in [1.29, 1.82) is 0 Å². The Morgan fingerprint density at radius 3 is 2.68 bits per heavy atom. The van der Waals surface area contributed by atoms with E-state index in [2.05, 4.69) is 56.0 Å².